The van der Waals surface area contributed by atoms with Crippen LogP contribution in [0.3, 0.4) is 0 Å². The second-order valence-electron chi connectivity index (χ2n) is 4.93. The Morgan fingerprint density at radius 2 is 2.18 bits per heavy atom. The van der Waals surface area contributed by atoms with Gasteiger partial charge in [0, 0.05) is 17.2 Å². The molecule has 0 saturated heterocycles. The van der Waals surface area contributed by atoms with E-state index in [4.69, 9.17) is 9.26 Å². The average molecular weight is 328 g/mol. The molecule has 0 amide bonds. The predicted octanol–water partition coefficient (Wildman–Crippen LogP) is 2.31. The molecule has 1 aromatic heterocycles. The molecule has 1 aromatic carbocycles. The zero-order valence-electron chi connectivity index (χ0n) is 12.5. The van der Waals surface area contributed by atoms with Gasteiger partial charge in [-0.1, -0.05) is 5.16 Å². The highest BCUT2D eigenvalue weighted by molar-refractivity contribution is 7.88. The minimum Gasteiger partial charge on any atom is -0.496 e. The van der Waals surface area contributed by atoms with Crippen molar-refractivity contribution < 1.29 is 22.1 Å². The molecule has 0 bridgehead atoms. The van der Waals surface area contributed by atoms with Gasteiger partial charge < -0.3 is 9.26 Å². The van der Waals surface area contributed by atoms with Crippen LogP contribution in [0, 0.1) is 12.7 Å². The zero-order valence-corrected chi connectivity index (χ0v) is 13.3. The van der Waals surface area contributed by atoms with Gasteiger partial charge in [0.25, 0.3) is 0 Å². The van der Waals surface area contributed by atoms with Gasteiger partial charge in [-0.25, -0.2) is 17.5 Å². The van der Waals surface area contributed by atoms with Crippen LogP contribution in [-0.4, -0.2) is 20.7 Å². The van der Waals surface area contributed by atoms with E-state index in [0.717, 1.165) is 0 Å². The van der Waals surface area contributed by atoms with Crippen LogP contribution in [0.1, 0.15) is 29.8 Å². The van der Waals surface area contributed by atoms with Gasteiger partial charge in [-0.2, -0.15) is 0 Å². The van der Waals surface area contributed by atoms with E-state index < -0.39 is 21.9 Å². The summed E-state index contributed by atoms with van der Waals surface area (Å²) in [6, 6.07) is 3.30. The molecular formula is C14H17FN2O4S. The lowest BCUT2D eigenvalue weighted by Crippen LogP contribution is -2.28. The van der Waals surface area contributed by atoms with Crippen molar-refractivity contribution >= 4 is 10.0 Å². The quantitative estimate of drug-likeness (QED) is 0.880. The first-order chi connectivity index (χ1) is 10.3. The van der Waals surface area contributed by atoms with E-state index in [9.17, 15) is 12.8 Å². The van der Waals surface area contributed by atoms with Crippen LogP contribution in [0.25, 0.3) is 0 Å². The summed E-state index contributed by atoms with van der Waals surface area (Å²) >= 11 is 0. The lowest BCUT2D eigenvalue weighted by Gasteiger charge is -2.17. The van der Waals surface area contributed by atoms with Crippen LogP contribution in [0.15, 0.2) is 29.0 Å². The van der Waals surface area contributed by atoms with E-state index >= 15 is 0 Å². The van der Waals surface area contributed by atoms with Crippen molar-refractivity contribution in [3.8, 4) is 5.75 Å². The molecule has 1 N–H and O–H groups in total. The molecular weight excluding hydrogens is 311 g/mol. The van der Waals surface area contributed by atoms with Crippen LogP contribution in [-0.2, 0) is 15.8 Å². The first-order valence-electron chi connectivity index (χ1n) is 6.55. The number of hydrogen-bond acceptors (Lipinski definition) is 5. The van der Waals surface area contributed by atoms with E-state index in [-0.39, 0.29) is 5.75 Å². The molecule has 0 saturated carbocycles. The minimum absolute atomic E-state index is 0.308. The van der Waals surface area contributed by atoms with E-state index in [2.05, 4.69) is 9.88 Å². The van der Waals surface area contributed by atoms with E-state index in [1.807, 2.05) is 0 Å². The lowest BCUT2D eigenvalue weighted by atomic mass is 10.1. The molecule has 0 radical (unpaired) electrons. The Hall–Kier alpha value is -1.93. The fraction of sp³-hybridized carbons (Fsp3) is 0.357. The highest BCUT2D eigenvalue weighted by atomic mass is 32.2. The third kappa shape index (κ3) is 3.83. The Balaban J connectivity index is 2.19. The van der Waals surface area contributed by atoms with Gasteiger partial charge in [-0.05, 0) is 32.0 Å². The number of hydrogen-bond donors (Lipinski definition) is 1. The first-order valence-corrected chi connectivity index (χ1v) is 8.21. The van der Waals surface area contributed by atoms with Crippen molar-refractivity contribution in [2.75, 3.05) is 7.11 Å². The van der Waals surface area contributed by atoms with Gasteiger partial charge in [0.1, 0.15) is 29.3 Å². The first kappa shape index (κ1) is 16.4. The number of aromatic nitrogens is 1. The van der Waals surface area contributed by atoms with Crippen molar-refractivity contribution in [1.82, 2.24) is 9.88 Å². The summed E-state index contributed by atoms with van der Waals surface area (Å²) in [6.45, 7) is 3.32. The zero-order chi connectivity index (χ0) is 16.3. The summed E-state index contributed by atoms with van der Waals surface area (Å²) in [7, 11) is -2.22. The molecule has 1 unspecified atom stereocenters. The number of methoxy groups -OCH3 is 1. The maximum Gasteiger partial charge on any atom is 0.218 e. The molecule has 1 atom stereocenters. The maximum absolute atomic E-state index is 13.4. The maximum atomic E-state index is 13.4. The molecule has 2 aromatic rings. The molecule has 6 nitrogen and oxygen atoms in total. The number of benzene rings is 1. The number of rotatable bonds is 6. The number of nitrogens with zero attached hydrogens (tertiary/aromatic N) is 1. The van der Waals surface area contributed by atoms with Crippen LogP contribution in [0.4, 0.5) is 4.39 Å². The molecule has 0 spiro atoms. The molecule has 1 heterocycles. The van der Waals surface area contributed by atoms with Gasteiger partial charge in [-0.3, -0.25) is 0 Å². The average Bonchev–Trinajstić information content (AvgIpc) is 2.83. The largest absolute Gasteiger partial charge is 0.496 e. The van der Waals surface area contributed by atoms with Crippen molar-refractivity contribution in [3.63, 3.8) is 0 Å². The molecule has 120 valence electrons. The Morgan fingerprint density at radius 1 is 1.45 bits per heavy atom. The van der Waals surface area contributed by atoms with Crippen molar-refractivity contribution in [2.45, 2.75) is 25.6 Å². The number of halogens is 1. The Kier molecular flexibility index (Phi) is 4.82. The normalized spacial score (nSPS) is 13.1. The summed E-state index contributed by atoms with van der Waals surface area (Å²) in [5, 5.41) is 3.65. The van der Waals surface area contributed by atoms with Crippen molar-refractivity contribution in [2.24, 2.45) is 0 Å². The second kappa shape index (κ2) is 6.45. The summed E-state index contributed by atoms with van der Waals surface area (Å²) in [4.78, 5) is 0. The molecule has 8 heteroatoms. The molecule has 0 aliphatic carbocycles. The van der Waals surface area contributed by atoms with E-state index in [1.54, 1.807) is 13.8 Å². The van der Waals surface area contributed by atoms with Crippen LogP contribution in [0.5, 0.6) is 5.75 Å². The Labute approximate surface area is 128 Å². The Bertz CT molecular complexity index is 758. The summed E-state index contributed by atoms with van der Waals surface area (Å²) in [5.41, 5.74) is 1.41. The van der Waals surface area contributed by atoms with E-state index in [1.165, 1.54) is 31.6 Å². The topological polar surface area (TPSA) is 81.4 Å². The molecule has 0 aliphatic heterocycles. The molecule has 22 heavy (non-hydrogen) atoms. The van der Waals surface area contributed by atoms with Crippen molar-refractivity contribution in [3.05, 3.63) is 47.1 Å². The number of nitrogens with one attached hydrogen (secondary N) is 1. The monoisotopic (exact) mass is 328 g/mol. The Morgan fingerprint density at radius 3 is 2.77 bits per heavy atom. The van der Waals surface area contributed by atoms with Gasteiger partial charge in [-0.15, -0.1) is 0 Å². The third-order valence-corrected chi connectivity index (χ3v) is 4.56. The van der Waals surface area contributed by atoms with Crippen molar-refractivity contribution in [1.29, 1.82) is 0 Å². The SMILES string of the molecule is COc1ccc(F)cc1C(C)NS(=O)(=O)Cc1nocc1C. The molecule has 0 fully saturated rings. The molecule has 0 aliphatic rings. The third-order valence-electron chi connectivity index (χ3n) is 3.19. The van der Waals surface area contributed by atoms with Gasteiger partial charge in [0.05, 0.1) is 7.11 Å². The van der Waals surface area contributed by atoms with Crippen LogP contribution >= 0.6 is 0 Å². The predicted molar refractivity (Wildman–Crippen MR) is 78.4 cm³/mol. The van der Waals surface area contributed by atoms with Gasteiger partial charge >= 0.3 is 0 Å². The van der Waals surface area contributed by atoms with Crippen LogP contribution < -0.4 is 9.46 Å². The summed E-state index contributed by atoms with van der Waals surface area (Å²) in [5.74, 6) is -0.361. The van der Waals surface area contributed by atoms with Gasteiger partial charge in [0.2, 0.25) is 10.0 Å². The smallest absolute Gasteiger partial charge is 0.218 e. The molecule has 2 rings (SSSR count). The number of sulfonamides is 1. The summed E-state index contributed by atoms with van der Waals surface area (Å²) in [6.07, 6.45) is 1.38. The van der Waals surface area contributed by atoms with Crippen LogP contribution in [0.2, 0.25) is 0 Å². The fourth-order valence-corrected chi connectivity index (χ4v) is 3.44. The minimum atomic E-state index is -3.66. The highest BCUT2D eigenvalue weighted by Crippen LogP contribution is 2.26. The van der Waals surface area contributed by atoms with E-state index in [0.29, 0.717) is 22.6 Å². The standard InChI is InChI=1S/C14H17FN2O4S/c1-9-7-21-16-13(9)8-22(18,19)17-10(2)12-6-11(15)4-5-14(12)20-3/h4-7,10,17H,8H2,1-3H3. The fourth-order valence-electron chi connectivity index (χ4n) is 2.05. The summed E-state index contributed by atoms with van der Waals surface area (Å²) < 4.78 is 50.1. The lowest BCUT2D eigenvalue weighted by molar-refractivity contribution is 0.403. The van der Waals surface area contributed by atoms with Gasteiger partial charge in [0.15, 0.2) is 0 Å². The number of ether oxygens (including phenoxy) is 1. The number of aryl methyl sites for hydroxylation is 1. The second-order valence-corrected chi connectivity index (χ2v) is 6.68. The highest BCUT2D eigenvalue weighted by Gasteiger charge is 2.21.